The monoisotopic (exact) mass is 359 g/mol. The van der Waals surface area contributed by atoms with E-state index in [0.29, 0.717) is 22.5 Å². The Morgan fingerprint density at radius 3 is 2.37 bits per heavy atom. The molecule has 3 aromatic rings. The number of esters is 1. The van der Waals surface area contributed by atoms with Crippen molar-refractivity contribution >= 4 is 11.7 Å². The van der Waals surface area contributed by atoms with Crippen LogP contribution in [0.4, 0.5) is 5.69 Å². The Balaban J connectivity index is 2.14. The molecule has 5 nitrogen and oxygen atoms in total. The van der Waals surface area contributed by atoms with Crippen molar-refractivity contribution in [1.82, 2.24) is 4.57 Å². The summed E-state index contributed by atoms with van der Waals surface area (Å²) in [5, 5.41) is 9.65. The van der Waals surface area contributed by atoms with E-state index < -0.39 is 5.97 Å². The minimum absolute atomic E-state index is 0.274. The molecule has 0 saturated heterocycles. The summed E-state index contributed by atoms with van der Waals surface area (Å²) < 4.78 is 6.92. The van der Waals surface area contributed by atoms with Crippen LogP contribution in [0.3, 0.4) is 0 Å². The number of para-hydroxylation sites is 1. The minimum atomic E-state index is -0.434. The zero-order valence-corrected chi connectivity index (χ0v) is 15.6. The van der Waals surface area contributed by atoms with Gasteiger partial charge in [0, 0.05) is 29.6 Å². The number of ether oxygens (including phenoxy) is 1. The third-order valence-corrected chi connectivity index (χ3v) is 4.71. The first-order valence-electron chi connectivity index (χ1n) is 8.71. The number of nitriles is 1. The van der Waals surface area contributed by atoms with Gasteiger partial charge in [-0.05, 0) is 31.0 Å². The first-order valence-corrected chi connectivity index (χ1v) is 8.71. The molecule has 0 amide bonds. The number of hydrogen-bond donors (Lipinski definition) is 1. The first-order chi connectivity index (χ1) is 13.0. The van der Waals surface area contributed by atoms with Gasteiger partial charge in [0.25, 0.3) is 0 Å². The fourth-order valence-corrected chi connectivity index (χ4v) is 3.24. The second-order valence-electron chi connectivity index (χ2n) is 6.24. The van der Waals surface area contributed by atoms with Crippen LogP contribution in [0.2, 0.25) is 0 Å². The third-order valence-electron chi connectivity index (χ3n) is 4.71. The predicted molar refractivity (Wildman–Crippen MR) is 106 cm³/mol. The maximum atomic E-state index is 12.5. The Kier molecular flexibility index (Phi) is 5.00. The van der Waals surface area contributed by atoms with Gasteiger partial charge in [-0.2, -0.15) is 5.26 Å². The van der Waals surface area contributed by atoms with E-state index in [0.717, 1.165) is 22.4 Å². The number of benzene rings is 2. The van der Waals surface area contributed by atoms with Gasteiger partial charge in [0.15, 0.2) is 0 Å². The van der Waals surface area contributed by atoms with Gasteiger partial charge in [-0.1, -0.05) is 42.5 Å². The highest BCUT2D eigenvalue weighted by Crippen LogP contribution is 2.34. The van der Waals surface area contributed by atoms with Crippen molar-refractivity contribution in [2.24, 2.45) is 7.05 Å². The Bertz CT molecular complexity index is 1040. The summed E-state index contributed by atoms with van der Waals surface area (Å²) >= 11 is 0. The van der Waals surface area contributed by atoms with Crippen molar-refractivity contribution in [3.05, 3.63) is 65.5 Å². The fraction of sp³-hybridized carbons (Fsp3) is 0.182. The molecule has 0 radical (unpaired) electrons. The van der Waals surface area contributed by atoms with Gasteiger partial charge in [0.2, 0.25) is 0 Å². The molecule has 0 aliphatic rings. The molecule has 3 rings (SSSR count). The molecule has 0 spiro atoms. The second-order valence-corrected chi connectivity index (χ2v) is 6.24. The molecule has 1 aromatic heterocycles. The number of nitrogen functional groups attached to an aromatic ring is 1. The molecule has 1 heterocycles. The highest BCUT2D eigenvalue weighted by atomic mass is 16.5. The quantitative estimate of drug-likeness (QED) is 0.556. The van der Waals surface area contributed by atoms with Crippen LogP contribution in [0.5, 0.6) is 0 Å². The van der Waals surface area contributed by atoms with Crippen LogP contribution in [0.25, 0.3) is 22.3 Å². The molecule has 2 aromatic carbocycles. The molecule has 136 valence electrons. The molecule has 0 bridgehead atoms. The molecule has 0 fully saturated rings. The highest BCUT2D eigenvalue weighted by Gasteiger charge is 2.25. The number of nitrogens with zero attached hydrogens (tertiary/aromatic N) is 2. The van der Waals surface area contributed by atoms with E-state index in [1.807, 2.05) is 55.5 Å². The van der Waals surface area contributed by atoms with Gasteiger partial charge in [-0.25, -0.2) is 4.79 Å². The normalized spacial score (nSPS) is 10.4. The van der Waals surface area contributed by atoms with Crippen molar-refractivity contribution in [2.45, 2.75) is 13.8 Å². The lowest BCUT2D eigenvalue weighted by Gasteiger charge is -2.09. The molecule has 0 saturated carbocycles. The van der Waals surface area contributed by atoms with Gasteiger partial charge in [-0.15, -0.1) is 0 Å². The van der Waals surface area contributed by atoms with Crippen LogP contribution in [-0.4, -0.2) is 17.1 Å². The Hall–Kier alpha value is -3.52. The van der Waals surface area contributed by atoms with Crippen molar-refractivity contribution in [2.75, 3.05) is 12.3 Å². The largest absolute Gasteiger partial charge is 0.461 e. The van der Waals surface area contributed by atoms with E-state index in [9.17, 15) is 10.1 Å². The standard InChI is InChI=1S/C22H21N3O2/c1-4-27-22(26)21-20(18(13-23)14(2)25(21)3)16-11-9-15(10-12-16)17-7-5-6-8-19(17)24/h5-12H,4,24H2,1-3H3. The van der Waals surface area contributed by atoms with Crippen LogP contribution >= 0.6 is 0 Å². The van der Waals surface area contributed by atoms with Crippen LogP contribution in [0.15, 0.2) is 48.5 Å². The van der Waals surface area contributed by atoms with E-state index in [2.05, 4.69) is 6.07 Å². The van der Waals surface area contributed by atoms with Crippen LogP contribution in [0.1, 0.15) is 28.7 Å². The smallest absolute Gasteiger partial charge is 0.355 e. The molecular formula is C22H21N3O2. The van der Waals surface area contributed by atoms with E-state index in [1.54, 1.807) is 18.5 Å². The van der Waals surface area contributed by atoms with E-state index in [-0.39, 0.29) is 6.61 Å². The number of carbonyl (C=O) groups is 1. The van der Waals surface area contributed by atoms with Gasteiger partial charge in [0.05, 0.1) is 12.2 Å². The Morgan fingerprint density at radius 2 is 1.78 bits per heavy atom. The number of carbonyl (C=O) groups excluding carboxylic acids is 1. The number of hydrogen-bond acceptors (Lipinski definition) is 4. The first kappa shape index (κ1) is 18.3. The zero-order valence-electron chi connectivity index (χ0n) is 15.6. The molecule has 0 unspecified atom stereocenters. The van der Waals surface area contributed by atoms with Crippen LogP contribution in [0, 0.1) is 18.3 Å². The molecule has 27 heavy (non-hydrogen) atoms. The van der Waals surface area contributed by atoms with E-state index in [1.165, 1.54) is 0 Å². The fourth-order valence-electron chi connectivity index (χ4n) is 3.24. The zero-order chi connectivity index (χ0) is 19.6. The summed E-state index contributed by atoms with van der Waals surface area (Å²) in [6.45, 7) is 3.86. The van der Waals surface area contributed by atoms with Gasteiger partial charge < -0.3 is 15.0 Å². The average molecular weight is 359 g/mol. The number of anilines is 1. The maximum Gasteiger partial charge on any atom is 0.355 e. The lowest BCUT2D eigenvalue weighted by molar-refractivity contribution is 0.0516. The summed E-state index contributed by atoms with van der Waals surface area (Å²) in [4.78, 5) is 12.5. The van der Waals surface area contributed by atoms with E-state index >= 15 is 0 Å². The molecule has 0 aliphatic heterocycles. The summed E-state index contributed by atoms with van der Waals surface area (Å²) in [5.41, 5.74) is 11.7. The third kappa shape index (κ3) is 3.18. The Morgan fingerprint density at radius 1 is 1.15 bits per heavy atom. The molecule has 5 heteroatoms. The minimum Gasteiger partial charge on any atom is -0.461 e. The topological polar surface area (TPSA) is 81.0 Å². The predicted octanol–water partition coefficient (Wildman–Crippen LogP) is 4.30. The Labute approximate surface area is 158 Å². The molecular weight excluding hydrogens is 338 g/mol. The molecule has 0 atom stereocenters. The van der Waals surface area contributed by atoms with Crippen molar-refractivity contribution in [3.63, 3.8) is 0 Å². The van der Waals surface area contributed by atoms with Gasteiger partial charge in [0.1, 0.15) is 11.8 Å². The molecule has 2 N–H and O–H groups in total. The maximum absolute atomic E-state index is 12.5. The van der Waals surface area contributed by atoms with E-state index in [4.69, 9.17) is 10.5 Å². The summed E-state index contributed by atoms with van der Waals surface area (Å²) in [6.07, 6.45) is 0. The van der Waals surface area contributed by atoms with Gasteiger partial charge >= 0.3 is 5.97 Å². The van der Waals surface area contributed by atoms with Crippen molar-refractivity contribution in [1.29, 1.82) is 5.26 Å². The lowest BCUT2D eigenvalue weighted by Crippen LogP contribution is -2.11. The number of nitrogens with two attached hydrogens (primary N) is 1. The van der Waals surface area contributed by atoms with Crippen molar-refractivity contribution < 1.29 is 9.53 Å². The molecule has 0 aliphatic carbocycles. The van der Waals surface area contributed by atoms with Crippen molar-refractivity contribution in [3.8, 4) is 28.3 Å². The number of rotatable bonds is 4. The van der Waals surface area contributed by atoms with Crippen LogP contribution < -0.4 is 5.73 Å². The highest BCUT2D eigenvalue weighted by molar-refractivity contribution is 5.98. The van der Waals surface area contributed by atoms with Gasteiger partial charge in [-0.3, -0.25) is 0 Å². The summed E-state index contributed by atoms with van der Waals surface area (Å²) in [5.74, 6) is -0.434. The lowest BCUT2D eigenvalue weighted by atomic mass is 9.97. The summed E-state index contributed by atoms with van der Waals surface area (Å²) in [7, 11) is 1.77. The SMILES string of the molecule is CCOC(=O)c1c(-c2ccc(-c3ccccc3N)cc2)c(C#N)c(C)n1C. The summed E-state index contributed by atoms with van der Waals surface area (Å²) in [6, 6.07) is 17.6. The average Bonchev–Trinajstić information content (AvgIpc) is 2.93. The van der Waals surface area contributed by atoms with Crippen LogP contribution in [-0.2, 0) is 11.8 Å². The number of aromatic nitrogens is 1. The second kappa shape index (κ2) is 7.38.